The lowest BCUT2D eigenvalue weighted by atomic mass is 9.99. The van der Waals surface area contributed by atoms with E-state index in [4.69, 9.17) is 0 Å². The van der Waals surface area contributed by atoms with Gasteiger partial charge in [0.05, 0.1) is 0 Å². The van der Waals surface area contributed by atoms with Crippen LogP contribution in [-0.4, -0.2) is 49.7 Å². The van der Waals surface area contributed by atoms with Crippen LogP contribution in [0.4, 0.5) is 0 Å². The van der Waals surface area contributed by atoms with Crippen molar-refractivity contribution in [2.45, 2.75) is 77.3 Å². The van der Waals surface area contributed by atoms with Crippen LogP contribution in [-0.2, 0) is 0 Å². The summed E-state index contributed by atoms with van der Waals surface area (Å²) in [7, 11) is 0. The zero-order valence-electron chi connectivity index (χ0n) is 14.4. The van der Waals surface area contributed by atoms with E-state index in [9.17, 15) is 0 Å². The van der Waals surface area contributed by atoms with Crippen molar-refractivity contribution in [1.29, 1.82) is 0 Å². The molecule has 3 nitrogen and oxygen atoms in total. The van der Waals surface area contributed by atoms with Crippen molar-refractivity contribution in [3.05, 3.63) is 0 Å². The van der Waals surface area contributed by atoms with Gasteiger partial charge < -0.3 is 15.5 Å². The van der Waals surface area contributed by atoms with Gasteiger partial charge in [0.15, 0.2) is 0 Å². The van der Waals surface area contributed by atoms with Crippen LogP contribution in [0.2, 0.25) is 0 Å². The lowest BCUT2D eigenvalue weighted by molar-refractivity contribution is 0.189. The van der Waals surface area contributed by atoms with Crippen LogP contribution in [0.15, 0.2) is 0 Å². The fourth-order valence-corrected chi connectivity index (χ4v) is 3.75. The van der Waals surface area contributed by atoms with Gasteiger partial charge in [0.2, 0.25) is 0 Å². The quantitative estimate of drug-likeness (QED) is 0.707. The van der Waals surface area contributed by atoms with E-state index in [1.54, 1.807) is 0 Å². The van der Waals surface area contributed by atoms with Gasteiger partial charge in [-0.1, -0.05) is 19.8 Å². The zero-order valence-corrected chi connectivity index (χ0v) is 14.4. The SMILES string of the molecule is CC1CCN(CCCNC(C)CC2CCCCCN2)CC1. The van der Waals surface area contributed by atoms with Gasteiger partial charge in [-0.25, -0.2) is 0 Å². The van der Waals surface area contributed by atoms with Crippen molar-refractivity contribution in [3.8, 4) is 0 Å². The number of nitrogens with zero attached hydrogens (tertiary/aromatic N) is 1. The molecule has 124 valence electrons. The molecule has 2 unspecified atom stereocenters. The number of nitrogens with one attached hydrogen (secondary N) is 2. The van der Waals surface area contributed by atoms with Crippen molar-refractivity contribution >= 4 is 0 Å². The molecule has 0 saturated carbocycles. The maximum Gasteiger partial charge on any atom is 0.00817 e. The molecule has 0 radical (unpaired) electrons. The standard InChI is InChI=1S/C18H37N3/c1-16-8-13-21(14-9-16)12-6-11-19-17(2)15-18-7-4-3-5-10-20-18/h16-20H,3-15H2,1-2H3. The molecular formula is C18H37N3. The fourth-order valence-electron chi connectivity index (χ4n) is 3.75. The molecule has 2 atom stereocenters. The minimum absolute atomic E-state index is 0.655. The number of hydrogen-bond acceptors (Lipinski definition) is 3. The molecule has 2 aliphatic rings. The molecule has 2 rings (SSSR count). The van der Waals surface area contributed by atoms with Gasteiger partial charge in [-0.15, -0.1) is 0 Å². The summed E-state index contributed by atoms with van der Waals surface area (Å²) in [6.45, 7) is 11.1. The Morgan fingerprint density at radius 2 is 1.95 bits per heavy atom. The highest BCUT2D eigenvalue weighted by Crippen LogP contribution is 2.16. The van der Waals surface area contributed by atoms with Crippen molar-refractivity contribution < 1.29 is 0 Å². The molecule has 21 heavy (non-hydrogen) atoms. The maximum atomic E-state index is 3.73. The van der Waals surface area contributed by atoms with Crippen LogP contribution >= 0.6 is 0 Å². The van der Waals surface area contributed by atoms with Gasteiger partial charge >= 0.3 is 0 Å². The molecule has 0 aromatic rings. The lowest BCUT2D eigenvalue weighted by Gasteiger charge is -2.30. The van der Waals surface area contributed by atoms with E-state index in [0.717, 1.165) is 12.0 Å². The summed E-state index contributed by atoms with van der Waals surface area (Å²) < 4.78 is 0. The van der Waals surface area contributed by atoms with E-state index in [1.807, 2.05) is 0 Å². The molecule has 2 fully saturated rings. The summed E-state index contributed by atoms with van der Waals surface area (Å²) in [6, 6.07) is 1.40. The molecule has 2 aliphatic heterocycles. The van der Waals surface area contributed by atoms with Crippen LogP contribution in [0.5, 0.6) is 0 Å². The van der Waals surface area contributed by atoms with Crippen molar-refractivity contribution in [1.82, 2.24) is 15.5 Å². The Morgan fingerprint density at radius 1 is 1.14 bits per heavy atom. The molecule has 0 spiro atoms. The molecule has 0 bridgehead atoms. The van der Waals surface area contributed by atoms with E-state index in [-0.39, 0.29) is 0 Å². The van der Waals surface area contributed by atoms with Crippen molar-refractivity contribution in [2.75, 3.05) is 32.7 Å². The summed E-state index contributed by atoms with van der Waals surface area (Å²) in [4.78, 5) is 2.65. The smallest absolute Gasteiger partial charge is 0.00817 e. The minimum atomic E-state index is 0.655. The number of piperidine rings is 1. The van der Waals surface area contributed by atoms with Gasteiger partial charge in [-0.3, -0.25) is 0 Å². The third-order valence-corrected chi connectivity index (χ3v) is 5.32. The van der Waals surface area contributed by atoms with Gasteiger partial charge in [-0.05, 0) is 84.1 Å². The second kappa shape index (κ2) is 9.81. The highest BCUT2D eigenvalue weighted by molar-refractivity contribution is 4.76. The van der Waals surface area contributed by atoms with Crippen LogP contribution in [0.25, 0.3) is 0 Å². The first-order chi connectivity index (χ1) is 10.2. The minimum Gasteiger partial charge on any atom is -0.314 e. The molecule has 0 aliphatic carbocycles. The van der Waals surface area contributed by atoms with E-state index in [0.29, 0.717) is 6.04 Å². The van der Waals surface area contributed by atoms with E-state index in [1.165, 1.54) is 84.1 Å². The molecule has 0 aromatic heterocycles. The first-order valence-electron chi connectivity index (χ1n) is 9.43. The summed E-state index contributed by atoms with van der Waals surface area (Å²) in [5.74, 6) is 0.950. The first-order valence-corrected chi connectivity index (χ1v) is 9.43. The monoisotopic (exact) mass is 295 g/mol. The first kappa shape index (κ1) is 17.2. The lowest BCUT2D eigenvalue weighted by Crippen LogP contribution is -2.38. The number of hydrogen-bond donors (Lipinski definition) is 2. The van der Waals surface area contributed by atoms with Crippen molar-refractivity contribution in [2.24, 2.45) is 5.92 Å². The van der Waals surface area contributed by atoms with Crippen LogP contribution in [0.3, 0.4) is 0 Å². The van der Waals surface area contributed by atoms with Crippen LogP contribution in [0, 0.1) is 5.92 Å². The van der Waals surface area contributed by atoms with Gasteiger partial charge in [0.25, 0.3) is 0 Å². The van der Waals surface area contributed by atoms with Gasteiger partial charge in [0.1, 0.15) is 0 Å². The largest absolute Gasteiger partial charge is 0.314 e. The molecule has 0 amide bonds. The van der Waals surface area contributed by atoms with E-state index >= 15 is 0 Å². The van der Waals surface area contributed by atoms with E-state index in [2.05, 4.69) is 29.4 Å². The summed E-state index contributed by atoms with van der Waals surface area (Å²) in [5.41, 5.74) is 0. The predicted octanol–water partition coefficient (Wildman–Crippen LogP) is 3.01. The molecule has 3 heteroatoms. The van der Waals surface area contributed by atoms with Crippen LogP contribution in [0.1, 0.15) is 65.2 Å². The Balaban J connectivity index is 1.49. The summed E-state index contributed by atoms with van der Waals surface area (Å²) in [6.07, 6.45) is 11.0. The van der Waals surface area contributed by atoms with Crippen LogP contribution < -0.4 is 10.6 Å². The Kier molecular flexibility index (Phi) is 8.05. The molecule has 0 aromatic carbocycles. The Bertz CT molecular complexity index is 253. The molecular weight excluding hydrogens is 258 g/mol. The molecule has 2 heterocycles. The zero-order chi connectivity index (χ0) is 14.9. The number of rotatable bonds is 7. The third-order valence-electron chi connectivity index (χ3n) is 5.32. The number of likely N-dealkylation sites (tertiary alicyclic amines) is 1. The average Bonchev–Trinajstić information content (AvgIpc) is 2.74. The highest BCUT2D eigenvalue weighted by Gasteiger charge is 2.16. The van der Waals surface area contributed by atoms with Gasteiger partial charge in [0, 0.05) is 12.1 Å². The van der Waals surface area contributed by atoms with Gasteiger partial charge in [-0.2, -0.15) is 0 Å². The second-order valence-electron chi connectivity index (χ2n) is 7.47. The predicted molar refractivity (Wildman–Crippen MR) is 91.8 cm³/mol. The third kappa shape index (κ3) is 7.12. The van der Waals surface area contributed by atoms with E-state index < -0.39 is 0 Å². The highest BCUT2D eigenvalue weighted by atomic mass is 15.1. The Labute approximate surface area is 132 Å². The molecule has 2 N–H and O–H groups in total. The summed E-state index contributed by atoms with van der Waals surface area (Å²) in [5, 5.41) is 7.44. The summed E-state index contributed by atoms with van der Waals surface area (Å²) >= 11 is 0. The molecule has 2 saturated heterocycles. The second-order valence-corrected chi connectivity index (χ2v) is 7.47. The maximum absolute atomic E-state index is 3.73. The van der Waals surface area contributed by atoms with Crippen molar-refractivity contribution in [3.63, 3.8) is 0 Å². The fraction of sp³-hybridized carbons (Fsp3) is 1.00. The Morgan fingerprint density at radius 3 is 2.76 bits per heavy atom. The average molecular weight is 296 g/mol. The topological polar surface area (TPSA) is 27.3 Å². The normalized spacial score (nSPS) is 27.4. The Hall–Kier alpha value is -0.120.